The van der Waals surface area contributed by atoms with Crippen molar-refractivity contribution in [2.24, 2.45) is 0 Å². The van der Waals surface area contributed by atoms with Crippen LogP contribution >= 0.6 is 0 Å². The fourth-order valence-corrected chi connectivity index (χ4v) is 3.80. The van der Waals surface area contributed by atoms with E-state index in [1.165, 1.54) is 12.0 Å². The quantitative estimate of drug-likeness (QED) is 0.354. The van der Waals surface area contributed by atoms with Gasteiger partial charge < -0.3 is 29.1 Å². The SMILES string of the molecule is CCOc1ccc([C@H]2/C(=C(\O)c3ccc(OC)cc3)C(=O)C(=O)N2CCN(C)C)cc1OC. The normalized spacial score (nSPS) is 17.5. The van der Waals surface area contributed by atoms with Crippen LogP contribution in [-0.4, -0.2) is 74.6 Å². The van der Waals surface area contributed by atoms with E-state index in [1.807, 2.05) is 25.9 Å². The molecule has 0 saturated carbocycles. The minimum Gasteiger partial charge on any atom is -0.507 e. The Hall–Kier alpha value is -3.52. The third-order valence-electron chi connectivity index (χ3n) is 5.49. The Morgan fingerprint density at radius 2 is 1.73 bits per heavy atom. The van der Waals surface area contributed by atoms with Gasteiger partial charge in [-0.3, -0.25) is 9.59 Å². The average Bonchev–Trinajstić information content (AvgIpc) is 3.07. The molecule has 1 heterocycles. The molecule has 1 aliphatic heterocycles. The number of amides is 1. The Bertz CT molecular complexity index is 1050. The summed E-state index contributed by atoms with van der Waals surface area (Å²) in [5.74, 6) is 0.0535. The molecule has 2 aromatic carbocycles. The third-order valence-corrected chi connectivity index (χ3v) is 5.49. The molecule has 176 valence electrons. The highest BCUT2D eigenvalue weighted by molar-refractivity contribution is 6.46. The van der Waals surface area contributed by atoms with E-state index in [0.29, 0.717) is 48.1 Å². The van der Waals surface area contributed by atoms with E-state index in [0.717, 1.165) is 0 Å². The van der Waals surface area contributed by atoms with Gasteiger partial charge in [-0.25, -0.2) is 0 Å². The molecule has 0 spiro atoms. The van der Waals surface area contributed by atoms with Crippen LogP contribution in [0.2, 0.25) is 0 Å². The predicted molar refractivity (Wildman–Crippen MR) is 125 cm³/mol. The first-order chi connectivity index (χ1) is 15.8. The molecule has 0 aromatic heterocycles. The molecule has 1 atom stereocenters. The van der Waals surface area contributed by atoms with Crippen LogP contribution in [0, 0.1) is 0 Å². The molecule has 33 heavy (non-hydrogen) atoms. The lowest BCUT2D eigenvalue weighted by Crippen LogP contribution is -2.35. The maximum atomic E-state index is 13.1. The molecule has 1 fully saturated rings. The number of carbonyl (C=O) groups excluding carboxylic acids is 2. The Morgan fingerprint density at radius 1 is 1.03 bits per heavy atom. The van der Waals surface area contributed by atoms with Crippen molar-refractivity contribution >= 4 is 17.4 Å². The summed E-state index contributed by atoms with van der Waals surface area (Å²) in [5.41, 5.74) is 1.10. The molecule has 8 nitrogen and oxygen atoms in total. The summed E-state index contributed by atoms with van der Waals surface area (Å²) in [5, 5.41) is 11.1. The number of likely N-dealkylation sites (tertiary alicyclic amines) is 1. The van der Waals surface area contributed by atoms with Gasteiger partial charge >= 0.3 is 0 Å². The summed E-state index contributed by atoms with van der Waals surface area (Å²) in [6, 6.07) is 11.2. The number of hydrogen-bond donors (Lipinski definition) is 1. The molecule has 2 aromatic rings. The second kappa shape index (κ2) is 10.4. The summed E-state index contributed by atoms with van der Waals surface area (Å²) in [4.78, 5) is 29.5. The number of Topliss-reactive ketones (excluding diaryl/α,β-unsaturated/α-hetero) is 1. The maximum Gasteiger partial charge on any atom is 0.295 e. The molecule has 3 rings (SSSR count). The standard InChI is InChI=1S/C25H30N2O6/c1-6-33-19-12-9-17(15-20(19)32-5)22-21(23(28)16-7-10-18(31-4)11-8-16)24(29)25(30)27(22)14-13-26(2)3/h7-12,15,22,28H,6,13-14H2,1-5H3/b23-21+/t22-/m0/s1. The highest BCUT2D eigenvalue weighted by Crippen LogP contribution is 2.42. The van der Waals surface area contributed by atoms with Crippen LogP contribution in [0.25, 0.3) is 5.76 Å². The minimum atomic E-state index is -0.767. The Morgan fingerprint density at radius 3 is 2.30 bits per heavy atom. The number of benzene rings is 2. The van der Waals surface area contributed by atoms with E-state index in [-0.39, 0.29) is 11.3 Å². The second-order valence-electron chi connectivity index (χ2n) is 7.87. The van der Waals surface area contributed by atoms with E-state index < -0.39 is 17.7 Å². The van der Waals surface area contributed by atoms with Gasteiger partial charge in [-0.1, -0.05) is 6.07 Å². The number of aliphatic hydroxyl groups is 1. The predicted octanol–water partition coefficient (Wildman–Crippen LogP) is 3.09. The minimum absolute atomic E-state index is 0.0372. The monoisotopic (exact) mass is 454 g/mol. The van der Waals surface area contributed by atoms with Crippen LogP contribution in [0.4, 0.5) is 0 Å². The van der Waals surface area contributed by atoms with Gasteiger partial charge in [0.15, 0.2) is 11.5 Å². The molecule has 8 heteroatoms. The lowest BCUT2D eigenvalue weighted by Gasteiger charge is -2.27. The zero-order valence-corrected chi connectivity index (χ0v) is 19.6. The van der Waals surface area contributed by atoms with E-state index in [4.69, 9.17) is 14.2 Å². The second-order valence-corrected chi connectivity index (χ2v) is 7.87. The Kier molecular flexibility index (Phi) is 7.60. The van der Waals surface area contributed by atoms with Crippen LogP contribution in [0.3, 0.4) is 0 Å². The van der Waals surface area contributed by atoms with Gasteiger partial charge in [0.25, 0.3) is 11.7 Å². The van der Waals surface area contributed by atoms with Crippen molar-refractivity contribution in [2.75, 3.05) is 48.0 Å². The van der Waals surface area contributed by atoms with Gasteiger partial charge in [0.1, 0.15) is 11.5 Å². The van der Waals surface area contributed by atoms with Crippen molar-refractivity contribution in [1.82, 2.24) is 9.80 Å². The number of ether oxygens (including phenoxy) is 3. The molecule has 1 aliphatic rings. The van der Waals surface area contributed by atoms with Crippen molar-refractivity contribution in [2.45, 2.75) is 13.0 Å². The van der Waals surface area contributed by atoms with Gasteiger partial charge in [-0.05, 0) is 63.0 Å². The number of rotatable bonds is 9. The third kappa shape index (κ3) is 4.96. The van der Waals surface area contributed by atoms with Crippen LogP contribution < -0.4 is 14.2 Å². The van der Waals surface area contributed by atoms with Crippen molar-refractivity contribution in [3.63, 3.8) is 0 Å². The van der Waals surface area contributed by atoms with Crippen LogP contribution in [0.5, 0.6) is 17.2 Å². The molecule has 0 radical (unpaired) electrons. The summed E-state index contributed by atoms with van der Waals surface area (Å²) in [6.45, 7) is 3.21. The summed E-state index contributed by atoms with van der Waals surface area (Å²) < 4.78 is 16.3. The van der Waals surface area contributed by atoms with Crippen molar-refractivity contribution in [3.8, 4) is 17.2 Å². The number of carbonyl (C=O) groups is 2. The molecule has 0 unspecified atom stereocenters. The largest absolute Gasteiger partial charge is 0.507 e. The fraction of sp³-hybridized carbons (Fsp3) is 0.360. The Balaban J connectivity index is 2.15. The number of methoxy groups -OCH3 is 2. The first kappa shape index (κ1) is 24.1. The fourth-order valence-electron chi connectivity index (χ4n) is 3.80. The van der Waals surface area contributed by atoms with E-state index in [2.05, 4.69) is 0 Å². The topological polar surface area (TPSA) is 88.5 Å². The summed E-state index contributed by atoms with van der Waals surface area (Å²) >= 11 is 0. The van der Waals surface area contributed by atoms with Gasteiger partial charge in [0.2, 0.25) is 0 Å². The molecule has 0 bridgehead atoms. The van der Waals surface area contributed by atoms with Gasteiger partial charge in [-0.15, -0.1) is 0 Å². The zero-order valence-electron chi connectivity index (χ0n) is 19.6. The molecule has 1 saturated heterocycles. The first-order valence-electron chi connectivity index (χ1n) is 10.7. The molecule has 1 amide bonds. The lowest BCUT2D eigenvalue weighted by atomic mass is 9.95. The number of ketones is 1. The summed E-state index contributed by atoms with van der Waals surface area (Å²) in [7, 11) is 6.86. The molecular formula is C25H30N2O6. The van der Waals surface area contributed by atoms with E-state index in [1.54, 1.807) is 49.6 Å². The van der Waals surface area contributed by atoms with Crippen molar-refractivity contribution < 1.29 is 28.9 Å². The molecular weight excluding hydrogens is 424 g/mol. The smallest absolute Gasteiger partial charge is 0.295 e. The van der Waals surface area contributed by atoms with Crippen LogP contribution in [0.1, 0.15) is 24.1 Å². The molecule has 1 N–H and O–H groups in total. The van der Waals surface area contributed by atoms with Crippen LogP contribution in [0.15, 0.2) is 48.0 Å². The number of hydrogen-bond acceptors (Lipinski definition) is 7. The van der Waals surface area contributed by atoms with Crippen molar-refractivity contribution in [3.05, 3.63) is 59.2 Å². The highest BCUT2D eigenvalue weighted by atomic mass is 16.5. The Labute approximate surface area is 194 Å². The van der Waals surface area contributed by atoms with Gasteiger partial charge in [-0.2, -0.15) is 0 Å². The van der Waals surface area contributed by atoms with Crippen molar-refractivity contribution in [1.29, 1.82) is 0 Å². The number of nitrogens with zero attached hydrogens (tertiary/aromatic N) is 2. The number of likely N-dealkylation sites (N-methyl/N-ethyl adjacent to an activating group) is 1. The number of aliphatic hydroxyl groups excluding tert-OH is 1. The maximum absolute atomic E-state index is 13.1. The van der Waals surface area contributed by atoms with E-state index >= 15 is 0 Å². The average molecular weight is 455 g/mol. The first-order valence-corrected chi connectivity index (χ1v) is 10.7. The lowest BCUT2D eigenvalue weighted by molar-refractivity contribution is -0.140. The summed E-state index contributed by atoms with van der Waals surface area (Å²) in [6.07, 6.45) is 0. The zero-order chi connectivity index (χ0) is 24.1. The highest BCUT2D eigenvalue weighted by Gasteiger charge is 2.46. The van der Waals surface area contributed by atoms with Gasteiger partial charge in [0, 0.05) is 18.7 Å². The van der Waals surface area contributed by atoms with E-state index in [9.17, 15) is 14.7 Å². The van der Waals surface area contributed by atoms with Gasteiger partial charge in [0.05, 0.1) is 32.4 Å². The molecule has 0 aliphatic carbocycles. The van der Waals surface area contributed by atoms with Crippen LogP contribution in [-0.2, 0) is 9.59 Å².